The Hall–Kier alpha value is -2.31. The Morgan fingerprint density at radius 3 is 2.44 bits per heavy atom. The molecule has 1 saturated heterocycles. The molecule has 146 valence electrons. The normalized spacial score (nSPS) is 25.6. The SMILES string of the molecule is Cc1ccc(S(=O)(=O)OC[C@@H]2O[C@H](n3ccc(=O)[nH]c3=O)C(O)C2O)cc1. The molecule has 1 fully saturated rings. The molecule has 1 aromatic carbocycles. The van der Waals surface area contributed by atoms with Gasteiger partial charge >= 0.3 is 5.69 Å². The van der Waals surface area contributed by atoms with E-state index in [1.54, 1.807) is 19.1 Å². The molecule has 0 aliphatic carbocycles. The van der Waals surface area contributed by atoms with Gasteiger partial charge in [0.05, 0.1) is 11.5 Å². The predicted molar refractivity (Wildman–Crippen MR) is 91.6 cm³/mol. The highest BCUT2D eigenvalue weighted by Gasteiger charge is 2.44. The van der Waals surface area contributed by atoms with Crippen LogP contribution in [-0.2, 0) is 19.0 Å². The lowest BCUT2D eigenvalue weighted by Crippen LogP contribution is -2.37. The number of H-pyrrole nitrogens is 1. The second kappa shape index (κ2) is 7.37. The van der Waals surface area contributed by atoms with Crippen LogP contribution in [0.2, 0.25) is 0 Å². The predicted octanol–water partition coefficient (Wildman–Crippen LogP) is -1.13. The van der Waals surface area contributed by atoms with E-state index in [1.165, 1.54) is 12.1 Å². The lowest BCUT2D eigenvalue weighted by atomic mass is 10.1. The van der Waals surface area contributed by atoms with Crippen LogP contribution in [0.4, 0.5) is 0 Å². The van der Waals surface area contributed by atoms with Gasteiger partial charge in [0.15, 0.2) is 6.23 Å². The fourth-order valence-electron chi connectivity index (χ4n) is 2.65. The second-order valence-electron chi connectivity index (χ2n) is 6.12. The van der Waals surface area contributed by atoms with Crippen LogP contribution in [0.15, 0.2) is 51.0 Å². The van der Waals surface area contributed by atoms with Gasteiger partial charge in [-0.2, -0.15) is 8.42 Å². The minimum atomic E-state index is -4.09. The van der Waals surface area contributed by atoms with Gasteiger partial charge in [0, 0.05) is 12.3 Å². The van der Waals surface area contributed by atoms with E-state index in [-0.39, 0.29) is 4.90 Å². The van der Waals surface area contributed by atoms with E-state index in [9.17, 15) is 28.2 Å². The van der Waals surface area contributed by atoms with Crippen molar-refractivity contribution in [1.29, 1.82) is 0 Å². The average molecular weight is 398 g/mol. The Bertz CT molecular complexity index is 1030. The Morgan fingerprint density at radius 1 is 1.15 bits per heavy atom. The molecule has 0 radical (unpaired) electrons. The molecule has 11 heteroatoms. The number of benzene rings is 1. The molecule has 10 nitrogen and oxygen atoms in total. The third-order valence-corrected chi connectivity index (χ3v) is 5.46. The molecule has 2 heterocycles. The van der Waals surface area contributed by atoms with Gasteiger partial charge < -0.3 is 14.9 Å². The number of hydrogen-bond acceptors (Lipinski definition) is 8. The Kier molecular flexibility index (Phi) is 5.31. The van der Waals surface area contributed by atoms with Crippen LogP contribution in [0.25, 0.3) is 0 Å². The number of rotatable bonds is 5. The largest absolute Gasteiger partial charge is 0.387 e. The first-order chi connectivity index (χ1) is 12.7. The average Bonchev–Trinajstić information content (AvgIpc) is 2.89. The van der Waals surface area contributed by atoms with E-state index in [2.05, 4.69) is 0 Å². The van der Waals surface area contributed by atoms with Gasteiger partial charge in [-0.15, -0.1) is 0 Å². The first-order valence-corrected chi connectivity index (χ1v) is 9.39. The summed E-state index contributed by atoms with van der Waals surface area (Å²) in [6.45, 7) is 1.24. The van der Waals surface area contributed by atoms with Crippen molar-refractivity contribution in [2.24, 2.45) is 0 Å². The van der Waals surface area contributed by atoms with E-state index in [4.69, 9.17) is 8.92 Å². The van der Waals surface area contributed by atoms with Crippen LogP contribution in [0.1, 0.15) is 11.8 Å². The zero-order valence-corrected chi connectivity index (χ0v) is 15.0. The third-order valence-electron chi connectivity index (χ3n) is 4.16. The van der Waals surface area contributed by atoms with E-state index in [0.717, 1.165) is 22.4 Å². The van der Waals surface area contributed by atoms with Crippen molar-refractivity contribution in [3.05, 3.63) is 62.9 Å². The lowest BCUT2D eigenvalue weighted by molar-refractivity contribution is -0.0509. The van der Waals surface area contributed by atoms with E-state index in [0.29, 0.717) is 0 Å². The van der Waals surface area contributed by atoms with Gasteiger partial charge in [-0.05, 0) is 19.1 Å². The van der Waals surface area contributed by atoms with Gasteiger partial charge in [-0.1, -0.05) is 17.7 Å². The molecule has 0 spiro atoms. The van der Waals surface area contributed by atoms with E-state index >= 15 is 0 Å². The summed E-state index contributed by atoms with van der Waals surface area (Å²) in [5.74, 6) is 0. The van der Waals surface area contributed by atoms with Crippen LogP contribution in [0, 0.1) is 6.92 Å². The number of aliphatic hydroxyl groups is 2. The van der Waals surface area contributed by atoms with Crippen LogP contribution < -0.4 is 11.2 Å². The molecule has 3 N–H and O–H groups in total. The van der Waals surface area contributed by atoms with E-state index in [1.807, 2.05) is 4.98 Å². The summed E-state index contributed by atoms with van der Waals surface area (Å²) >= 11 is 0. The molecule has 3 rings (SSSR count). The minimum Gasteiger partial charge on any atom is -0.387 e. The number of ether oxygens (including phenoxy) is 1. The molecule has 0 bridgehead atoms. The van der Waals surface area contributed by atoms with Crippen LogP contribution in [0.3, 0.4) is 0 Å². The quantitative estimate of drug-likeness (QED) is 0.536. The van der Waals surface area contributed by atoms with E-state index < -0.39 is 52.5 Å². The summed E-state index contributed by atoms with van der Waals surface area (Å²) in [6, 6.07) is 7.04. The second-order valence-corrected chi connectivity index (χ2v) is 7.73. The van der Waals surface area contributed by atoms with Crippen molar-refractivity contribution in [2.75, 3.05) is 6.61 Å². The van der Waals surface area contributed by atoms with Crippen molar-refractivity contribution < 1.29 is 27.6 Å². The molecule has 0 saturated carbocycles. The maximum Gasteiger partial charge on any atom is 0.330 e. The fourth-order valence-corrected chi connectivity index (χ4v) is 3.57. The summed E-state index contributed by atoms with van der Waals surface area (Å²) in [7, 11) is -4.09. The number of nitrogens with zero attached hydrogens (tertiary/aromatic N) is 1. The summed E-state index contributed by atoms with van der Waals surface area (Å²) in [6.07, 6.45) is -4.43. The maximum atomic E-state index is 12.2. The number of aromatic nitrogens is 2. The van der Waals surface area contributed by atoms with Crippen LogP contribution in [-0.4, -0.2) is 53.1 Å². The molecule has 1 aromatic heterocycles. The molecule has 2 aromatic rings. The zero-order valence-electron chi connectivity index (χ0n) is 14.2. The lowest BCUT2D eigenvalue weighted by Gasteiger charge is -2.16. The standard InChI is InChI=1S/C16H18N2O8S/c1-9-2-4-10(5-3-9)27(23,24)25-8-11-13(20)14(21)15(26-11)18-7-6-12(19)17-16(18)22/h2-7,11,13-15,20-21H,8H2,1H3,(H,17,19,22)/t11-,13?,14?,15-/m0/s1. The van der Waals surface area contributed by atoms with Gasteiger partial charge in [-0.25, -0.2) is 4.79 Å². The van der Waals surface area contributed by atoms with Crippen LogP contribution >= 0.6 is 0 Å². The van der Waals surface area contributed by atoms with Crippen LogP contribution in [0.5, 0.6) is 0 Å². The molecule has 0 amide bonds. The topological polar surface area (TPSA) is 148 Å². The van der Waals surface area contributed by atoms with Gasteiger partial charge in [0.2, 0.25) is 0 Å². The maximum absolute atomic E-state index is 12.2. The molecule has 2 unspecified atom stereocenters. The molecule has 1 aliphatic rings. The Labute approximate surface area is 153 Å². The number of hydrogen-bond donors (Lipinski definition) is 3. The molecule has 27 heavy (non-hydrogen) atoms. The Morgan fingerprint density at radius 2 is 1.81 bits per heavy atom. The first kappa shape index (κ1) is 19.5. The number of aryl methyl sites for hydroxylation is 1. The first-order valence-electron chi connectivity index (χ1n) is 7.98. The molecular weight excluding hydrogens is 380 g/mol. The highest BCUT2D eigenvalue weighted by molar-refractivity contribution is 7.86. The fraction of sp³-hybridized carbons (Fsp3) is 0.375. The summed E-state index contributed by atoms with van der Waals surface area (Å²) in [4.78, 5) is 24.9. The molecule has 4 atom stereocenters. The zero-order chi connectivity index (χ0) is 19.8. The smallest absolute Gasteiger partial charge is 0.330 e. The molecular formula is C16H18N2O8S. The van der Waals surface area contributed by atoms with Gasteiger partial charge in [0.1, 0.15) is 18.3 Å². The van der Waals surface area contributed by atoms with Crippen molar-refractivity contribution in [3.63, 3.8) is 0 Å². The summed E-state index contributed by atoms with van der Waals surface area (Å²) in [5.41, 5.74) is -0.596. The Balaban J connectivity index is 1.73. The summed E-state index contributed by atoms with van der Waals surface area (Å²) < 4.78 is 35.6. The summed E-state index contributed by atoms with van der Waals surface area (Å²) in [5, 5.41) is 20.2. The van der Waals surface area contributed by atoms with Crippen molar-refractivity contribution in [3.8, 4) is 0 Å². The molecule has 1 aliphatic heterocycles. The number of nitrogens with one attached hydrogen (secondary N) is 1. The highest BCUT2D eigenvalue weighted by Crippen LogP contribution is 2.29. The highest BCUT2D eigenvalue weighted by atomic mass is 32.2. The van der Waals surface area contributed by atoms with Gasteiger partial charge in [0.25, 0.3) is 15.7 Å². The van der Waals surface area contributed by atoms with Crippen molar-refractivity contribution in [2.45, 2.75) is 36.4 Å². The minimum absolute atomic E-state index is 0.0606. The third kappa shape index (κ3) is 4.01. The monoisotopic (exact) mass is 398 g/mol. The van der Waals surface area contributed by atoms with Crippen molar-refractivity contribution >= 4 is 10.1 Å². The number of aliphatic hydroxyl groups excluding tert-OH is 2. The van der Waals surface area contributed by atoms with Crippen molar-refractivity contribution in [1.82, 2.24) is 9.55 Å². The van der Waals surface area contributed by atoms with Gasteiger partial charge in [-0.3, -0.25) is 18.5 Å². The number of aromatic amines is 1.